The third-order valence-corrected chi connectivity index (χ3v) is 7.28. The Hall–Kier alpha value is -2.87. The van der Waals surface area contributed by atoms with Crippen LogP contribution in [0.3, 0.4) is 0 Å². The summed E-state index contributed by atoms with van der Waals surface area (Å²) in [5.41, 5.74) is 3.72. The molecule has 1 heterocycles. The van der Waals surface area contributed by atoms with Crippen LogP contribution < -0.4 is 9.64 Å². The normalized spacial score (nSPS) is 18.1. The number of hydrogen-bond donors (Lipinski definition) is 1. The summed E-state index contributed by atoms with van der Waals surface area (Å²) in [5.74, 6) is 0.158. The molecule has 0 aromatic heterocycles. The highest BCUT2D eigenvalue weighted by atomic mass is 32.2. The fraction of sp³-hybridized carbons (Fsp3) is 0.296. The van der Waals surface area contributed by atoms with Gasteiger partial charge in [0.15, 0.2) is 0 Å². The van der Waals surface area contributed by atoms with Crippen LogP contribution in [-0.2, 0) is 11.2 Å². The second kappa shape index (κ2) is 10.6. The highest BCUT2D eigenvalue weighted by molar-refractivity contribution is 7.99. The summed E-state index contributed by atoms with van der Waals surface area (Å²) < 4.78 is 18.6. The van der Waals surface area contributed by atoms with Crippen LogP contribution in [0.1, 0.15) is 21.9 Å². The van der Waals surface area contributed by atoms with Crippen molar-refractivity contribution in [3.63, 3.8) is 0 Å². The first-order chi connectivity index (χ1) is 16.4. The Labute approximate surface area is 204 Å². The molecule has 0 bridgehead atoms. The molecule has 7 heteroatoms. The number of ether oxygens (including phenoxy) is 1. The number of aliphatic hydroxyl groups excluding tert-OH is 1. The molecule has 2 atom stereocenters. The Kier molecular flexibility index (Phi) is 7.56. The highest BCUT2D eigenvalue weighted by Gasteiger charge is 2.37. The molecule has 3 aromatic rings. The summed E-state index contributed by atoms with van der Waals surface area (Å²) in [7, 11) is 5.52. The monoisotopic (exact) mass is 480 g/mol. The van der Waals surface area contributed by atoms with Gasteiger partial charge in [-0.25, -0.2) is 4.39 Å². The predicted octanol–water partition coefficient (Wildman–Crippen LogP) is 4.53. The number of carbonyl (C=O) groups is 1. The smallest absolute Gasteiger partial charge is 0.257 e. The number of benzene rings is 3. The van der Waals surface area contributed by atoms with Crippen LogP contribution in [0.25, 0.3) is 0 Å². The third kappa shape index (κ3) is 5.43. The molecule has 178 valence electrons. The van der Waals surface area contributed by atoms with Crippen molar-refractivity contribution in [2.45, 2.75) is 22.7 Å². The number of amides is 1. The van der Waals surface area contributed by atoms with E-state index in [0.717, 1.165) is 33.0 Å². The largest absolute Gasteiger partial charge is 0.497 e. The molecular weight excluding hydrogens is 451 g/mol. The van der Waals surface area contributed by atoms with E-state index in [1.165, 1.54) is 23.9 Å². The van der Waals surface area contributed by atoms with Crippen LogP contribution >= 0.6 is 11.8 Å². The fourth-order valence-corrected chi connectivity index (χ4v) is 5.34. The van der Waals surface area contributed by atoms with Crippen LogP contribution in [0, 0.1) is 5.82 Å². The molecule has 34 heavy (non-hydrogen) atoms. The molecule has 0 saturated heterocycles. The number of thioether (sulfide) groups is 1. The fourth-order valence-electron chi connectivity index (χ4n) is 4.01. The molecule has 0 unspecified atom stereocenters. The second-order valence-corrected chi connectivity index (χ2v) is 9.84. The molecule has 0 aliphatic carbocycles. The van der Waals surface area contributed by atoms with Crippen molar-refractivity contribution >= 4 is 23.4 Å². The molecule has 1 aliphatic rings. The topological polar surface area (TPSA) is 53.0 Å². The van der Waals surface area contributed by atoms with E-state index in [2.05, 4.69) is 6.07 Å². The maximum absolute atomic E-state index is 13.4. The van der Waals surface area contributed by atoms with Gasteiger partial charge in [0.1, 0.15) is 17.7 Å². The van der Waals surface area contributed by atoms with Gasteiger partial charge in [-0.2, -0.15) is 0 Å². The van der Waals surface area contributed by atoms with Crippen LogP contribution in [0.4, 0.5) is 10.1 Å². The van der Waals surface area contributed by atoms with E-state index in [1.54, 1.807) is 24.1 Å². The highest BCUT2D eigenvalue weighted by Crippen LogP contribution is 2.46. The molecule has 0 saturated carbocycles. The van der Waals surface area contributed by atoms with Gasteiger partial charge in [-0.3, -0.25) is 4.79 Å². The summed E-state index contributed by atoms with van der Waals surface area (Å²) in [4.78, 5) is 18.1. The zero-order chi connectivity index (χ0) is 24.2. The zero-order valence-electron chi connectivity index (χ0n) is 19.6. The van der Waals surface area contributed by atoms with Gasteiger partial charge in [0.25, 0.3) is 5.91 Å². The van der Waals surface area contributed by atoms with Gasteiger partial charge < -0.3 is 19.6 Å². The third-order valence-electron chi connectivity index (χ3n) is 5.91. The Bertz CT molecular complexity index is 1140. The molecule has 0 fully saturated rings. The van der Waals surface area contributed by atoms with Crippen molar-refractivity contribution in [3.05, 3.63) is 89.2 Å². The predicted molar refractivity (Wildman–Crippen MR) is 134 cm³/mol. The van der Waals surface area contributed by atoms with Gasteiger partial charge in [0.2, 0.25) is 0 Å². The Balaban J connectivity index is 1.71. The SMILES string of the molecule is COc1ccc([C@@H]2Sc3cc(Cc4ccc(F)cc4)ccc3N(CCN(C)C)C(=O)[C@@H]2O)cc1. The van der Waals surface area contributed by atoms with Gasteiger partial charge in [-0.05, 0) is 73.6 Å². The second-order valence-electron chi connectivity index (χ2n) is 8.65. The van der Waals surface area contributed by atoms with Gasteiger partial charge in [-0.1, -0.05) is 30.3 Å². The minimum atomic E-state index is -1.19. The van der Waals surface area contributed by atoms with Crippen LogP contribution in [0.2, 0.25) is 0 Å². The summed E-state index contributed by atoms with van der Waals surface area (Å²) in [6.45, 7) is 1.15. The van der Waals surface area contributed by atoms with E-state index < -0.39 is 11.4 Å². The van der Waals surface area contributed by atoms with Crippen molar-refractivity contribution in [1.29, 1.82) is 0 Å². The Morgan fingerprint density at radius 1 is 1.03 bits per heavy atom. The molecular formula is C27H29FN2O3S. The van der Waals surface area contributed by atoms with Gasteiger partial charge in [0.05, 0.1) is 18.0 Å². The molecule has 1 N–H and O–H groups in total. The van der Waals surface area contributed by atoms with Crippen molar-refractivity contribution < 1.29 is 19.0 Å². The summed E-state index contributed by atoms with van der Waals surface area (Å²) in [6.07, 6.45) is -0.538. The first kappa shape index (κ1) is 24.3. The quantitative estimate of drug-likeness (QED) is 0.539. The maximum atomic E-state index is 13.4. The number of likely N-dealkylation sites (N-methyl/N-ethyl adjacent to an activating group) is 1. The van der Waals surface area contributed by atoms with Gasteiger partial charge in [-0.15, -0.1) is 11.8 Å². The average molecular weight is 481 g/mol. The number of methoxy groups -OCH3 is 1. The minimum Gasteiger partial charge on any atom is -0.497 e. The molecule has 4 rings (SSSR count). The molecule has 0 spiro atoms. The molecule has 5 nitrogen and oxygen atoms in total. The van der Waals surface area contributed by atoms with E-state index in [4.69, 9.17) is 4.74 Å². The van der Waals surface area contributed by atoms with Gasteiger partial charge >= 0.3 is 0 Å². The Morgan fingerprint density at radius 2 is 1.71 bits per heavy atom. The molecule has 0 radical (unpaired) electrons. The standard InChI is InChI=1S/C27H29FN2O3S/c1-29(2)14-15-30-23-13-6-19(16-18-4-9-21(28)10-5-18)17-24(23)34-26(25(31)27(30)32)20-7-11-22(33-3)12-8-20/h4-13,17,25-26,31H,14-16H2,1-3H3/t25-,26+/m1/s1. The lowest BCUT2D eigenvalue weighted by molar-refractivity contribution is -0.126. The number of rotatable bonds is 7. The lowest BCUT2D eigenvalue weighted by Gasteiger charge is -2.26. The van der Waals surface area contributed by atoms with E-state index in [-0.39, 0.29) is 11.7 Å². The van der Waals surface area contributed by atoms with Gasteiger partial charge in [0, 0.05) is 18.0 Å². The van der Waals surface area contributed by atoms with Crippen molar-refractivity contribution in [2.75, 3.05) is 39.2 Å². The number of fused-ring (bicyclic) bond motifs is 1. The minimum absolute atomic E-state index is 0.257. The van der Waals surface area contributed by atoms with Crippen molar-refractivity contribution in [2.24, 2.45) is 0 Å². The zero-order valence-corrected chi connectivity index (χ0v) is 20.4. The van der Waals surface area contributed by atoms with Crippen LogP contribution in [0.15, 0.2) is 71.6 Å². The summed E-state index contributed by atoms with van der Waals surface area (Å²) >= 11 is 1.49. The maximum Gasteiger partial charge on any atom is 0.257 e. The van der Waals surface area contributed by atoms with Crippen LogP contribution in [0.5, 0.6) is 5.75 Å². The average Bonchev–Trinajstić information content (AvgIpc) is 2.93. The number of halogens is 1. The van der Waals surface area contributed by atoms with Crippen molar-refractivity contribution in [3.8, 4) is 5.75 Å². The van der Waals surface area contributed by atoms with Crippen molar-refractivity contribution in [1.82, 2.24) is 4.90 Å². The van der Waals surface area contributed by atoms with Crippen LogP contribution in [-0.4, -0.2) is 56.3 Å². The lowest BCUT2D eigenvalue weighted by Crippen LogP contribution is -2.43. The number of aliphatic hydroxyl groups is 1. The Morgan fingerprint density at radius 3 is 2.35 bits per heavy atom. The summed E-state index contributed by atoms with van der Waals surface area (Å²) in [6, 6.07) is 20.0. The number of nitrogens with zero attached hydrogens (tertiary/aromatic N) is 2. The number of hydrogen-bond acceptors (Lipinski definition) is 5. The molecule has 3 aromatic carbocycles. The van der Waals surface area contributed by atoms with E-state index in [9.17, 15) is 14.3 Å². The number of carbonyl (C=O) groups excluding carboxylic acids is 1. The molecule has 1 aliphatic heterocycles. The lowest BCUT2D eigenvalue weighted by atomic mass is 10.0. The van der Waals surface area contributed by atoms with E-state index in [1.807, 2.05) is 55.4 Å². The van der Waals surface area contributed by atoms with E-state index in [0.29, 0.717) is 19.5 Å². The molecule has 1 amide bonds. The van der Waals surface area contributed by atoms with E-state index >= 15 is 0 Å². The first-order valence-electron chi connectivity index (χ1n) is 11.2. The number of anilines is 1. The first-order valence-corrected chi connectivity index (χ1v) is 12.1. The summed E-state index contributed by atoms with van der Waals surface area (Å²) in [5, 5.41) is 10.7.